The van der Waals surface area contributed by atoms with Gasteiger partial charge >= 0.3 is 11.9 Å². The van der Waals surface area contributed by atoms with Crippen molar-refractivity contribution in [3.63, 3.8) is 0 Å². The van der Waals surface area contributed by atoms with Gasteiger partial charge < -0.3 is 20.3 Å². The lowest BCUT2D eigenvalue weighted by Gasteiger charge is -2.10. The predicted molar refractivity (Wildman–Crippen MR) is 48.3 cm³/mol. The quantitative estimate of drug-likeness (QED) is 0.502. The molecule has 0 aromatic rings. The van der Waals surface area contributed by atoms with Gasteiger partial charge in [0.15, 0.2) is 0 Å². The van der Waals surface area contributed by atoms with E-state index in [4.69, 9.17) is 10.2 Å². The van der Waals surface area contributed by atoms with Crippen molar-refractivity contribution in [2.75, 3.05) is 20.3 Å². The van der Waals surface area contributed by atoms with Crippen LogP contribution in [0.1, 0.15) is 6.42 Å². The van der Waals surface area contributed by atoms with E-state index in [1.54, 1.807) is 0 Å². The van der Waals surface area contributed by atoms with E-state index in [0.717, 1.165) is 0 Å². The third kappa shape index (κ3) is 6.44. The summed E-state index contributed by atoms with van der Waals surface area (Å²) in [6.07, 6.45) is -0.525. The molecule has 86 valence electrons. The summed E-state index contributed by atoms with van der Waals surface area (Å²) in [4.78, 5) is 31.7. The number of rotatable bonds is 7. The van der Waals surface area contributed by atoms with E-state index in [0.29, 0.717) is 0 Å². The van der Waals surface area contributed by atoms with Gasteiger partial charge in [0.2, 0.25) is 5.91 Å². The number of amides is 1. The molecule has 0 saturated heterocycles. The van der Waals surface area contributed by atoms with Crippen molar-refractivity contribution in [2.45, 2.75) is 6.42 Å². The highest BCUT2D eigenvalue weighted by Crippen LogP contribution is 2.01. The van der Waals surface area contributed by atoms with Crippen molar-refractivity contribution in [2.24, 2.45) is 5.92 Å². The van der Waals surface area contributed by atoms with E-state index in [9.17, 15) is 14.4 Å². The van der Waals surface area contributed by atoms with Gasteiger partial charge in [-0.15, -0.1) is 0 Å². The van der Waals surface area contributed by atoms with E-state index in [-0.39, 0.29) is 13.2 Å². The second kappa shape index (κ2) is 6.77. The van der Waals surface area contributed by atoms with Crippen molar-refractivity contribution in [1.29, 1.82) is 0 Å². The van der Waals surface area contributed by atoms with Gasteiger partial charge in [0.1, 0.15) is 6.61 Å². The first-order chi connectivity index (χ1) is 6.97. The van der Waals surface area contributed by atoms with Gasteiger partial charge in [-0.25, -0.2) is 0 Å². The molecule has 0 saturated carbocycles. The molecular formula is C8H13NO6. The molecule has 0 aliphatic heterocycles. The van der Waals surface area contributed by atoms with Crippen LogP contribution >= 0.6 is 0 Å². The number of carbonyl (C=O) groups excluding carboxylic acids is 1. The average molecular weight is 219 g/mol. The minimum Gasteiger partial charge on any atom is -0.481 e. The number of nitrogens with one attached hydrogen (secondary N) is 1. The monoisotopic (exact) mass is 219 g/mol. The maximum absolute atomic E-state index is 10.9. The summed E-state index contributed by atoms with van der Waals surface area (Å²) in [7, 11) is 1.32. The van der Waals surface area contributed by atoms with E-state index < -0.39 is 30.2 Å². The molecule has 1 atom stereocenters. The Hall–Kier alpha value is -1.63. The van der Waals surface area contributed by atoms with Gasteiger partial charge in [-0.3, -0.25) is 14.4 Å². The van der Waals surface area contributed by atoms with Crippen molar-refractivity contribution in [3.05, 3.63) is 0 Å². The number of carboxylic acids is 2. The van der Waals surface area contributed by atoms with Crippen molar-refractivity contribution in [1.82, 2.24) is 5.32 Å². The zero-order chi connectivity index (χ0) is 11.8. The Labute approximate surface area is 86.0 Å². The Bertz CT molecular complexity index is 252. The van der Waals surface area contributed by atoms with Gasteiger partial charge in [-0.1, -0.05) is 0 Å². The Balaban J connectivity index is 4.01. The molecule has 0 aromatic carbocycles. The van der Waals surface area contributed by atoms with Crippen molar-refractivity contribution < 1.29 is 29.3 Å². The molecular weight excluding hydrogens is 206 g/mol. The number of hydrogen-bond donors (Lipinski definition) is 3. The molecule has 0 radical (unpaired) electrons. The largest absolute Gasteiger partial charge is 0.481 e. The number of hydrogen-bond acceptors (Lipinski definition) is 4. The van der Waals surface area contributed by atoms with Crippen LogP contribution in [0.5, 0.6) is 0 Å². The minimum atomic E-state index is -1.25. The smallest absolute Gasteiger partial charge is 0.308 e. The zero-order valence-electron chi connectivity index (χ0n) is 8.23. The van der Waals surface area contributed by atoms with Crippen LogP contribution in [0.2, 0.25) is 0 Å². The van der Waals surface area contributed by atoms with Crippen LogP contribution in [0.25, 0.3) is 0 Å². The summed E-state index contributed by atoms with van der Waals surface area (Å²) < 4.78 is 4.50. The van der Waals surface area contributed by atoms with Gasteiger partial charge in [-0.05, 0) is 0 Å². The van der Waals surface area contributed by atoms with Crippen molar-refractivity contribution in [3.8, 4) is 0 Å². The minimum absolute atomic E-state index is 0.181. The van der Waals surface area contributed by atoms with Crippen LogP contribution in [0.15, 0.2) is 0 Å². The number of carbonyl (C=O) groups is 3. The van der Waals surface area contributed by atoms with Crippen LogP contribution in [0.4, 0.5) is 0 Å². The second-order valence-corrected chi connectivity index (χ2v) is 2.87. The molecule has 3 N–H and O–H groups in total. The fraction of sp³-hybridized carbons (Fsp3) is 0.625. The molecule has 0 rings (SSSR count). The molecule has 0 aliphatic rings. The highest BCUT2D eigenvalue weighted by molar-refractivity contribution is 5.80. The van der Waals surface area contributed by atoms with Gasteiger partial charge in [-0.2, -0.15) is 0 Å². The summed E-state index contributed by atoms with van der Waals surface area (Å²) in [6.45, 7) is -0.400. The lowest BCUT2D eigenvalue weighted by molar-refractivity contribution is -0.148. The third-order valence-electron chi connectivity index (χ3n) is 1.59. The fourth-order valence-corrected chi connectivity index (χ4v) is 0.877. The van der Waals surface area contributed by atoms with E-state index in [2.05, 4.69) is 10.1 Å². The Kier molecular flexibility index (Phi) is 6.03. The standard InChI is InChI=1S/C8H13NO6/c1-15-4-6(10)9-3-5(8(13)14)2-7(11)12/h5H,2-4H2,1H3,(H,9,10)(H,11,12)(H,13,14). The molecule has 7 heteroatoms. The third-order valence-corrected chi connectivity index (χ3v) is 1.59. The number of carboxylic acid groups (broad SMARTS) is 2. The molecule has 0 heterocycles. The Morgan fingerprint density at radius 1 is 1.33 bits per heavy atom. The molecule has 0 spiro atoms. The maximum atomic E-state index is 10.9. The normalized spacial score (nSPS) is 11.8. The van der Waals surface area contributed by atoms with Gasteiger partial charge in [0, 0.05) is 13.7 Å². The second-order valence-electron chi connectivity index (χ2n) is 2.87. The molecule has 15 heavy (non-hydrogen) atoms. The molecule has 7 nitrogen and oxygen atoms in total. The first-order valence-corrected chi connectivity index (χ1v) is 4.17. The summed E-state index contributed by atoms with van der Waals surface area (Å²) in [5, 5.41) is 19.3. The molecule has 0 bridgehead atoms. The van der Waals surface area contributed by atoms with Crippen LogP contribution in [-0.2, 0) is 19.1 Å². The zero-order valence-corrected chi connectivity index (χ0v) is 8.23. The SMILES string of the molecule is COCC(=O)NCC(CC(=O)O)C(=O)O. The lowest BCUT2D eigenvalue weighted by atomic mass is 10.1. The first-order valence-electron chi connectivity index (χ1n) is 4.17. The molecule has 0 aromatic heterocycles. The van der Waals surface area contributed by atoms with E-state index in [1.165, 1.54) is 7.11 Å². The molecule has 1 amide bonds. The lowest BCUT2D eigenvalue weighted by Crippen LogP contribution is -2.35. The van der Waals surface area contributed by atoms with Gasteiger partial charge in [0.25, 0.3) is 0 Å². The summed E-state index contributed by atoms with van der Waals surface area (Å²) in [5.74, 6) is -4.07. The topological polar surface area (TPSA) is 113 Å². The Morgan fingerprint density at radius 3 is 2.33 bits per heavy atom. The van der Waals surface area contributed by atoms with Crippen LogP contribution in [0.3, 0.4) is 0 Å². The molecule has 0 aliphatic carbocycles. The fourth-order valence-electron chi connectivity index (χ4n) is 0.877. The van der Waals surface area contributed by atoms with Crippen LogP contribution in [-0.4, -0.2) is 48.3 Å². The van der Waals surface area contributed by atoms with Gasteiger partial charge in [0.05, 0.1) is 12.3 Å². The summed E-state index contributed by atoms with van der Waals surface area (Å²) >= 11 is 0. The van der Waals surface area contributed by atoms with E-state index in [1.807, 2.05) is 0 Å². The van der Waals surface area contributed by atoms with E-state index >= 15 is 0 Å². The molecule has 1 unspecified atom stereocenters. The maximum Gasteiger partial charge on any atom is 0.308 e. The van der Waals surface area contributed by atoms with Crippen molar-refractivity contribution >= 4 is 17.8 Å². The predicted octanol–water partition coefficient (Wildman–Crippen LogP) is -1.08. The number of aliphatic carboxylic acids is 2. The first kappa shape index (κ1) is 13.4. The average Bonchev–Trinajstić information content (AvgIpc) is 2.11. The number of ether oxygens (including phenoxy) is 1. The highest BCUT2D eigenvalue weighted by atomic mass is 16.5. The highest BCUT2D eigenvalue weighted by Gasteiger charge is 2.21. The summed E-state index contributed by atoms with van der Waals surface area (Å²) in [6, 6.07) is 0. The van der Waals surface area contributed by atoms with Crippen LogP contribution < -0.4 is 5.32 Å². The Morgan fingerprint density at radius 2 is 1.93 bits per heavy atom. The molecule has 0 fully saturated rings. The summed E-state index contributed by atoms with van der Waals surface area (Å²) in [5.41, 5.74) is 0. The number of methoxy groups -OCH3 is 1. The van der Waals surface area contributed by atoms with Crippen LogP contribution in [0, 0.1) is 5.92 Å².